The van der Waals surface area contributed by atoms with Crippen LogP contribution in [0.15, 0.2) is 6.20 Å². The van der Waals surface area contributed by atoms with Crippen molar-refractivity contribution in [2.75, 3.05) is 13.1 Å². The molecule has 1 aliphatic heterocycles. The van der Waals surface area contributed by atoms with E-state index >= 15 is 0 Å². The molecule has 1 fully saturated rings. The Morgan fingerprint density at radius 2 is 2.40 bits per heavy atom. The highest BCUT2D eigenvalue weighted by molar-refractivity contribution is 5.77. The first-order valence-corrected chi connectivity index (χ1v) is 5.43. The van der Waals surface area contributed by atoms with Crippen molar-refractivity contribution in [3.8, 4) is 0 Å². The topological polar surface area (TPSA) is 49.0 Å². The maximum absolute atomic E-state index is 11.6. The number of amides is 1. The van der Waals surface area contributed by atoms with E-state index in [0.717, 1.165) is 31.0 Å². The Morgan fingerprint density at radius 1 is 1.67 bits per heavy atom. The molecule has 4 nitrogen and oxygen atoms in total. The van der Waals surface area contributed by atoms with Crippen molar-refractivity contribution < 1.29 is 4.79 Å². The number of imidazole rings is 1. The number of hydrogen-bond donors (Lipinski definition) is 1. The van der Waals surface area contributed by atoms with Crippen molar-refractivity contribution in [2.45, 2.75) is 26.7 Å². The van der Waals surface area contributed by atoms with Gasteiger partial charge in [-0.2, -0.15) is 0 Å². The zero-order valence-electron chi connectivity index (χ0n) is 9.29. The van der Waals surface area contributed by atoms with E-state index in [1.807, 2.05) is 11.8 Å². The molecule has 0 radical (unpaired) electrons. The van der Waals surface area contributed by atoms with Crippen LogP contribution < -0.4 is 0 Å². The summed E-state index contributed by atoms with van der Waals surface area (Å²) in [6.45, 7) is 5.99. The van der Waals surface area contributed by atoms with Gasteiger partial charge in [-0.25, -0.2) is 4.98 Å². The van der Waals surface area contributed by atoms with Gasteiger partial charge in [0.15, 0.2) is 0 Å². The average Bonchev–Trinajstić information content (AvgIpc) is 2.56. The fourth-order valence-corrected chi connectivity index (χ4v) is 1.88. The Kier molecular flexibility index (Phi) is 2.75. The maximum Gasteiger partial charge on any atom is 0.223 e. The Hall–Kier alpha value is -1.32. The summed E-state index contributed by atoms with van der Waals surface area (Å²) < 4.78 is 0. The number of carbonyl (C=O) groups is 1. The second kappa shape index (κ2) is 4.04. The summed E-state index contributed by atoms with van der Waals surface area (Å²) in [5.74, 6) is 1.84. The van der Waals surface area contributed by atoms with Crippen LogP contribution in [0.2, 0.25) is 0 Å². The molecule has 1 aromatic rings. The minimum absolute atomic E-state index is 0.252. The summed E-state index contributed by atoms with van der Waals surface area (Å²) in [5.41, 5.74) is 1.05. The van der Waals surface area contributed by atoms with Crippen LogP contribution in [0.1, 0.15) is 24.9 Å². The van der Waals surface area contributed by atoms with Gasteiger partial charge in [0.05, 0.1) is 0 Å². The molecule has 1 aromatic heterocycles. The van der Waals surface area contributed by atoms with Crippen molar-refractivity contribution in [2.24, 2.45) is 5.92 Å². The highest BCUT2D eigenvalue weighted by Crippen LogP contribution is 2.15. The van der Waals surface area contributed by atoms with Crippen molar-refractivity contribution in [1.82, 2.24) is 14.9 Å². The molecule has 0 aliphatic carbocycles. The first-order valence-electron chi connectivity index (χ1n) is 5.43. The Labute approximate surface area is 89.7 Å². The molecule has 0 aromatic carbocycles. The third kappa shape index (κ3) is 2.37. The predicted octanol–water partition coefficient (Wildman–Crippen LogP) is 1.13. The summed E-state index contributed by atoms with van der Waals surface area (Å²) >= 11 is 0. The van der Waals surface area contributed by atoms with E-state index in [0.29, 0.717) is 12.3 Å². The summed E-state index contributed by atoms with van der Waals surface area (Å²) in [5, 5.41) is 0. The van der Waals surface area contributed by atoms with Gasteiger partial charge in [0.25, 0.3) is 0 Å². The van der Waals surface area contributed by atoms with Gasteiger partial charge in [0.1, 0.15) is 5.82 Å². The van der Waals surface area contributed by atoms with Crippen LogP contribution in [0.5, 0.6) is 0 Å². The van der Waals surface area contributed by atoms with Crippen LogP contribution in [-0.4, -0.2) is 33.9 Å². The summed E-state index contributed by atoms with van der Waals surface area (Å²) in [6.07, 6.45) is 3.09. The lowest BCUT2D eigenvalue weighted by atomic mass is 10.0. The normalized spacial score (nSPS) is 16.5. The van der Waals surface area contributed by atoms with Crippen LogP contribution in [-0.2, 0) is 11.2 Å². The molecule has 2 rings (SSSR count). The van der Waals surface area contributed by atoms with Gasteiger partial charge in [-0.15, -0.1) is 0 Å². The van der Waals surface area contributed by atoms with Gasteiger partial charge < -0.3 is 9.88 Å². The number of aromatic amines is 1. The number of rotatable bonds is 3. The molecule has 0 saturated carbocycles. The zero-order chi connectivity index (χ0) is 10.8. The second-order valence-electron chi connectivity index (χ2n) is 4.42. The third-order valence-electron chi connectivity index (χ3n) is 2.75. The van der Waals surface area contributed by atoms with Crippen molar-refractivity contribution in [3.05, 3.63) is 17.7 Å². The first-order chi connectivity index (χ1) is 7.15. The van der Waals surface area contributed by atoms with E-state index in [4.69, 9.17) is 0 Å². The average molecular weight is 207 g/mol. The highest BCUT2D eigenvalue weighted by atomic mass is 16.2. The third-order valence-corrected chi connectivity index (χ3v) is 2.75. The monoisotopic (exact) mass is 207 g/mol. The van der Waals surface area contributed by atoms with Gasteiger partial charge in [-0.05, 0) is 12.8 Å². The molecule has 0 atom stereocenters. The minimum Gasteiger partial charge on any atom is -0.346 e. The molecular weight excluding hydrogens is 190 g/mol. The molecule has 15 heavy (non-hydrogen) atoms. The molecule has 1 amide bonds. The number of nitrogens with one attached hydrogen (secondary N) is 1. The Bertz CT molecular complexity index is 352. The SMILES string of the molecule is Cc1cnc(CCC(=O)N2CC(C)C2)[nH]1. The van der Waals surface area contributed by atoms with E-state index in [-0.39, 0.29) is 5.91 Å². The number of likely N-dealkylation sites (tertiary alicyclic amines) is 1. The number of hydrogen-bond acceptors (Lipinski definition) is 2. The lowest BCUT2D eigenvalue weighted by Crippen LogP contribution is -2.48. The molecule has 1 N–H and O–H groups in total. The van der Waals surface area contributed by atoms with Crippen molar-refractivity contribution in [3.63, 3.8) is 0 Å². The minimum atomic E-state index is 0.252. The summed E-state index contributed by atoms with van der Waals surface area (Å²) in [6, 6.07) is 0. The molecule has 0 bridgehead atoms. The van der Waals surface area contributed by atoms with Crippen LogP contribution in [0.3, 0.4) is 0 Å². The van der Waals surface area contributed by atoms with Crippen molar-refractivity contribution in [1.29, 1.82) is 0 Å². The lowest BCUT2D eigenvalue weighted by molar-refractivity contribution is -0.137. The van der Waals surface area contributed by atoms with Gasteiger partial charge in [0.2, 0.25) is 5.91 Å². The van der Waals surface area contributed by atoms with E-state index in [9.17, 15) is 4.79 Å². The molecule has 2 heterocycles. The van der Waals surface area contributed by atoms with Crippen LogP contribution in [0.4, 0.5) is 0 Å². The molecule has 82 valence electrons. The molecule has 1 saturated heterocycles. The second-order valence-corrected chi connectivity index (χ2v) is 4.42. The molecule has 0 unspecified atom stereocenters. The van der Waals surface area contributed by atoms with Crippen LogP contribution >= 0.6 is 0 Å². The van der Waals surface area contributed by atoms with E-state index in [1.54, 1.807) is 6.20 Å². The van der Waals surface area contributed by atoms with E-state index in [2.05, 4.69) is 16.9 Å². The zero-order valence-corrected chi connectivity index (χ0v) is 9.29. The van der Waals surface area contributed by atoms with Crippen LogP contribution in [0, 0.1) is 12.8 Å². The van der Waals surface area contributed by atoms with E-state index in [1.165, 1.54) is 0 Å². The largest absolute Gasteiger partial charge is 0.346 e. The standard InChI is InChI=1S/C11H17N3O/c1-8-6-14(7-8)11(15)4-3-10-12-5-9(2)13-10/h5,8H,3-4,6-7H2,1-2H3,(H,12,13). The molecular formula is C11H17N3O. The Balaban J connectivity index is 1.76. The van der Waals surface area contributed by atoms with E-state index < -0.39 is 0 Å². The van der Waals surface area contributed by atoms with Crippen molar-refractivity contribution >= 4 is 5.91 Å². The number of H-pyrrole nitrogens is 1. The van der Waals surface area contributed by atoms with Gasteiger partial charge in [0, 0.05) is 37.8 Å². The first kappa shape index (κ1) is 10.2. The Morgan fingerprint density at radius 3 is 2.93 bits per heavy atom. The van der Waals surface area contributed by atoms with Gasteiger partial charge in [-0.3, -0.25) is 4.79 Å². The number of aryl methyl sites for hydroxylation is 2. The lowest BCUT2D eigenvalue weighted by Gasteiger charge is -2.37. The fourth-order valence-electron chi connectivity index (χ4n) is 1.88. The fraction of sp³-hybridized carbons (Fsp3) is 0.636. The summed E-state index contributed by atoms with van der Waals surface area (Å²) in [7, 11) is 0. The van der Waals surface area contributed by atoms with Gasteiger partial charge in [-0.1, -0.05) is 6.92 Å². The summed E-state index contributed by atoms with van der Waals surface area (Å²) in [4.78, 5) is 20.9. The van der Waals surface area contributed by atoms with Gasteiger partial charge >= 0.3 is 0 Å². The predicted molar refractivity (Wildman–Crippen MR) is 57.4 cm³/mol. The molecule has 0 spiro atoms. The number of aromatic nitrogens is 2. The smallest absolute Gasteiger partial charge is 0.223 e. The molecule has 4 heteroatoms. The molecule has 1 aliphatic rings. The number of nitrogens with zero attached hydrogens (tertiary/aromatic N) is 2. The number of carbonyl (C=O) groups excluding carboxylic acids is 1. The van der Waals surface area contributed by atoms with Crippen LogP contribution in [0.25, 0.3) is 0 Å². The highest BCUT2D eigenvalue weighted by Gasteiger charge is 2.26. The quantitative estimate of drug-likeness (QED) is 0.807. The maximum atomic E-state index is 11.6.